The molecule has 0 radical (unpaired) electrons. The Labute approximate surface area is 181 Å². The number of furan rings is 1. The lowest BCUT2D eigenvalue weighted by Crippen LogP contribution is -2.14. The second-order valence-electron chi connectivity index (χ2n) is 5.41. The summed E-state index contributed by atoms with van der Waals surface area (Å²) in [5, 5.41) is 0.410. The molecule has 2 aromatic carbocycles. The van der Waals surface area contributed by atoms with Crippen LogP contribution in [0.25, 0.3) is 11.3 Å². The van der Waals surface area contributed by atoms with E-state index in [-0.39, 0.29) is 4.90 Å². The molecule has 0 saturated carbocycles. The van der Waals surface area contributed by atoms with Crippen LogP contribution in [0.3, 0.4) is 0 Å². The van der Waals surface area contributed by atoms with E-state index >= 15 is 0 Å². The maximum Gasteiger partial charge on any atom is 0.261 e. The van der Waals surface area contributed by atoms with Gasteiger partial charge in [-0.3, -0.25) is 4.72 Å². The minimum absolute atomic E-state index is 0.0981. The number of rotatable bonds is 4. The van der Waals surface area contributed by atoms with E-state index in [9.17, 15) is 8.42 Å². The summed E-state index contributed by atoms with van der Waals surface area (Å²) in [6.07, 6.45) is 0. The predicted molar refractivity (Wildman–Crippen MR) is 114 cm³/mol. The van der Waals surface area contributed by atoms with Gasteiger partial charge in [0.2, 0.25) is 0 Å². The molecule has 0 unspecified atom stereocenters. The van der Waals surface area contributed by atoms with Gasteiger partial charge in [-0.05, 0) is 97.2 Å². The van der Waals surface area contributed by atoms with Crippen molar-refractivity contribution >= 4 is 75.1 Å². The first kappa shape index (κ1) is 19.9. The monoisotopic (exact) mass is 581 g/mol. The number of anilines is 1. The van der Waals surface area contributed by atoms with Crippen LogP contribution in [0.1, 0.15) is 5.76 Å². The highest BCUT2D eigenvalue weighted by Gasteiger charge is 2.20. The lowest BCUT2D eigenvalue weighted by Gasteiger charge is -2.13. The fourth-order valence-electron chi connectivity index (χ4n) is 2.29. The predicted octanol–water partition coefficient (Wildman–Crippen LogP) is 7.00. The van der Waals surface area contributed by atoms with Gasteiger partial charge in [-0.1, -0.05) is 11.6 Å². The highest BCUT2D eigenvalue weighted by atomic mass is 79.9. The molecule has 0 spiro atoms. The second-order valence-corrected chi connectivity index (χ2v) is 10.0. The molecule has 0 aliphatic carbocycles. The molecule has 0 atom stereocenters. The Balaban J connectivity index is 2.07. The highest BCUT2D eigenvalue weighted by Crippen LogP contribution is 2.36. The Hall–Kier alpha value is -0.800. The summed E-state index contributed by atoms with van der Waals surface area (Å²) in [6, 6.07) is 11.6. The zero-order chi connectivity index (χ0) is 19.1. The average Bonchev–Trinajstić information content (AvgIpc) is 2.98. The molecule has 3 rings (SSSR count). The first-order valence-corrected chi connectivity index (χ1v) is 11.4. The van der Waals surface area contributed by atoms with Gasteiger partial charge in [0.1, 0.15) is 11.5 Å². The molecular weight excluding hydrogens is 573 g/mol. The molecule has 0 bridgehead atoms. The minimum Gasteiger partial charge on any atom is -0.461 e. The fourth-order valence-corrected chi connectivity index (χ4v) is 5.30. The third-order valence-corrected chi connectivity index (χ3v) is 8.25. The molecule has 9 heteroatoms. The third kappa shape index (κ3) is 4.20. The molecule has 1 N–H and O–H groups in total. The van der Waals surface area contributed by atoms with E-state index in [4.69, 9.17) is 16.0 Å². The van der Waals surface area contributed by atoms with Gasteiger partial charge in [-0.2, -0.15) is 0 Å². The van der Waals surface area contributed by atoms with Crippen LogP contribution in [-0.2, 0) is 10.0 Å². The van der Waals surface area contributed by atoms with Crippen LogP contribution in [0, 0.1) is 6.92 Å². The smallest absolute Gasteiger partial charge is 0.261 e. The molecule has 4 nitrogen and oxygen atoms in total. The molecule has 0 saturated heterocycles. The topological polar surface area (TPSA) is 59.3 Å². The summed E-state index contributed by atoms with van der Waals surface area (Å²) in [5.74, 6) is 1.28. The maximum atomic E-state index is 12.9. The number of nitrogens with one attached hydrogen (secondary N) is 1. The number of aryl methyl sites for hydroxylation is 1. The van der Waals surface area contributed by atoms with Gasteiger partial charge < -0.3 is 4.42 Å². The molecule has 3 aromatic rings. The van der Waals surface area contributed by atoms with Crippen molar-refractivity contribution in [3.8, 4) is 11.3 Å². The zero-order valence-electron chi connectivity index (χ0n) is 13.2. The molecular formula is C17H11Br3ClNO3S. The fraction of sp³-hybridized carbons (Fsp3) is 0.0588. The van der Waals surface area contributed by atoms with E-state index in [0.29, 0.717) is 31.0 Å². The molecule has 1 aromatic heterocycles. The van der Waals surface area contributed by atoms with Gasteiger partial charge in [-0.25, -0.2) is 8.42 Å². The number of sulfonamides is 1. The summed E-state index contributed by atoms with van der Waals surface area (Å²) in [6.45, 7) is 1.82. The number of benzene rings is 2. The summed E-state index contributed by atoms with van der Waals surface area (Å²) in [5.41, 5.74) is 0.934. The lowest BCUT2D eigenvalue weighted by atomic mass is 10.1. The van der Waals surface area contributed by atoms with E-state index in [0.717, 1.165) is 10.2 Å². The summed E-state index contributed by atoms with van der Waals surface area (Å²) in [7, 11) is -3.85. The summed E-state index contributed by atoms with van der Waals surface area (Å²) >= 11 is 16.1. The van der Waals surface area contributed by atoms with Crippen molar-refractivity contribution in [2.45, 2.75) is 11.8 Å². The second kappa shape index (κ2) is 7.67. The Bertz CT molecular complexity index is 1070. The Morgan fingerprint density at radius 3 is 2.23 bits per heavy atom. The van der Waals surface area contributed by atoms with E-state index in [2.05, 4.69) is 52.5 Å². The van der Waals surface area contributed by atoms with Gasteiger partial charge in [0, 0.05) is 24.0 Å². The van der Waals surface area contributed by atoms with Gasteiger partial charge in [0.25, 0.3) is 10.0 Å². The normalized spacial score (nSPS) is 11.6. The highest BCUT2D eigenvalue weighted by molar-refractivity contribution is 9.14. The van der Waals surface area contributed by atoms with Crippen LogP contribution >= 0.6 is 59.4 Å². The number of hydrogen-bond donors (Lipinski definition) is 1. The molecule has 0 fully saturated rings. The van der Waals surface area contributed by atoms with E-state index in [1.54, 1.807) is 24.3 Å². The number of halogens is 4. The molecule has 0 amide bonds. The van der Waals surface area contributed by atoms with Crippen LogP contribution in [0.2, 0.25) is 5.02 Å². The summed E-state index contributed by atoms with van der Waals surface area (Å²) < 4.78 is 35.9. The Morgan fingerprint density at radius 1 is 1.00 bits per heavy atom. The summed E-state index contributed by atoms with van der Waals surface area (Å²) in [4.78, 5) is 0.0981. The van der Waals surface area contributed by atoms with Crippen molar-refractivity contribution in [3.05, 3.63) is 66.7 Å². The van der Waals surface area contributed by atoms with E-state index < -0.39 is 10.0 Å². The molecule has 1 heterocycles. The van der Waals surface area contributed by atoms with Crippen LogP contribution in [0.15, 0.2) is 65.2 Å². The first-order chi connectivity index (χ1) is 12.2. The average molecular weight is 585 g/mol. The van der Waals surface area contributed by atoms with Crippen molar-refractivity contribution in [3.63, 3.8) is 0 Å². The molecule has 0 aliphatic heterocycles. The van der Waals surface area contributed by atoms with Crippen LogP contribution in [0.5, 0.6) is 0 Å². The standard InChI is InChI=1S/C17H11Br3ClNO3S/c1-9-2-5-16(25-9)12-4-3-10(21)6-15(12)22-26(23,24)11-7-13(18)17(20)14(19)8-11/h2-8,22H,1H3. The Kier molecular flexibility index (Phi) is 5.89. The SMILES string of the molecule is Cc1ccc(-c2ccc(Cl)cc2NS(=O)(=O)c2cc(Br)c(Br)c(Br)c2)o1. The van der Waals surface area contributed by atoms with Crippen LogP contribution in [0.4, 0.5) is 5.69 Å². The largest absolute Gasteiger partial charge is 0.461 e. The molecule has 136 valence electrons. The molecule has 0 aliphatic rings. The van der Waals surface area contributed by atoms with Crippen LogP contribution in [-0.4, -0.2) is 8.42 Å². The van der Waals surface area contributed by atoms with Crippen molar-refractivity contribution in [2.75, 3.05) is 4.72 Å². The van der Waals surface area contributed by atoms with Gasteiger partial charge in [-0.15, -0.1) is 0 Å². The van der Waals surface area contributed by atoms with E-state index in [1.165, 1.54) is 12.1 Å². The van der Waals surface area contributed by atoms with Crippen molar-refractivity contribution in [1.82, 2.24) is 0 Å². The van der Waals surface area contributed by atoms with E-state index in [1.807, 2.05) is 13.0 Å². The zero-order valence-corrected chi connectivity index (χ0v) is 19.5. The first-order valence-electron chi connectivity index (χ1n) is 7.21. The molecule has 26 heavy (non-hydrogen) atoms. The van der Waals surface area contributed by atoms with Crippen LogP contribution < -0.4 is 4.72 Å². The van der Waals surface area contributed by atoms with Crippen molar-refractivity contribution in [1.29, 1.82) is 0 Å². The third-order valence-electron chi connectivity index (χ3n) is 3.50. The maximum absolute atomic E-state index is 12.9. The minimum atomic E-state index is -3.85. The van der Waals surface area contributed by atoms with Crippen molar-refractivity contribution < 1.29 is 12.8 Å². The van der Waals surface area contributed by atoms with Gasteiger partial charge in [0.05, 0.1) is 10.6 Å². The Morgan fingerprint density at radius 2 is 1.65 bits per heavy atom. The lowest BCUT2D eigenvalue weighted by molar-refractivity contribution is 0.548. The van der Waals surface area contributed by atoms with Gasteiger partial charge >= 0.3 is 0 Å². The quantitative estimate of drug-likeness (QED) is 0.336. The van der Waals surface area contributed by atoms with Gasteiger partial charge in [0.15, 0.2) is 0 Å². The number of hydrogen-bond acceptors (Lipinski definition) is 3. The van der Waals surface area contributed by atoms with Crippen molar-refractivity contribution in [2.24, 2.45) is 0 Å².